The highest BCUT2D eigenvalue weighted by atomic mass is 16.4. The molecule has 0 rings (SSSR count). The maximum absolute atomic E-state index is 11.3. The number of hydrogen-bond donors (Lipinski definition) is 5. The summed E-state index contributed by atoms with van der Waals surface area (Å²) in [4.78, 5) is 54.0. The molecule has 0 aliphatic heterocycles. The molecule has 0 aromatic heterocycles. The number of hydrogen-bond acceptors (Lipinski definition) is 6. The zero-order valence-electron chi connectivity index (χ0n) is 11.3. The Morgan fingerprint density at radius 1 is 1.00 bits per heavy atom. The summed E-state index contributed by atoms with van der Waals surface area (Å²) in [5.41, 5.74) is 5.21. The summed E-state index contributed by atoms with van der Waals surface area (Å²) < 4.78 is 0. The second kappa shape index (κ2) is 10.3. The lowest BCUT2D eigenvalue weighted by atomic mass is 10.1. The van der Waals surface area contributed by atoms with Gasteiger partial charge in [-0.25, -0.2) is 0 Å². The first kappa shape index (κ1) is 18.5. The van der Waals surface area contributed by atoms with Crippen molar-refractivity contribution >= 4 is 30.0 Å². The molecule has 0 radical (unpaired) electrons. The van der Waals surface area contributed by atoms with Gasteiger partial charge in [0, 0.05) is 6.42 Å². The lowest BCUT2D eigenvalue weighted by molar-refractivity contribution is -0.138. The third-order valence-corrected chi connectivity index (χ3v) is 2.27. The minimum Gasteiger partial charge on any atom is -0.480 e. The molecule has 0 fully saturated rings. The molecule has 0 aromatic rings. The Balaban J connectivity index is 3.77. The van der Waals surface area contributed by atoms with Crippen LogP contribution in [-0.4, -0.2) is 60.8 Å². The average Bonchev–Trinajstić information content (AvgIpc) is 2.45. The Morgan fingerprint density at radius 2 is 1.52 bits per heavy atom. The van der Waals surface area contributed by atoms with Crippen molar-refractivity contribution in [2.24, 2.45) is 5.73 Å². The first-order chi connectivity index (χ1) is 9.86. The van der Waals surface area contributed by atoms with E-state index in [9.17, 15) is 24.0 Å². The second-order valence-corrected chi connectivity index (χ2v) is 4.01. The van der Waals surface area contributed by atoms with Gasteiger partial charge in [0.2, 0.25) is 17.7 Å². The van der Waals surface area contributed by atoms with E-state index in [0.717, 1.165) is 0 Å². The van der Waals surface area contributed by atoms with Gasteiger partial charge >= 0.3 is 5.97 Å². The molecule has 0 unspecified atom stereocenters. The monoisotopic (exact) mass is 302 g/mol. The van der Waals surface area contributed by atoms with Crippen LogP contribution in [0.2, 0.25) is 0 Å². The van der Waals surface area contributed by atoms with Crippen LogP contribution in [0.3, 0.4) is 0 Å². The van der Waals surface area contributed by atoms with Crippen molar-refractivity contribution in [3.63, 3.8) is 0 Å². The molecule has 0 bridgehead atoms. The summed E-state index contributed by atoms with van der Waals surface area (Å²) in [6.45, 7) is -0.802. The zero-order valence-corrected chi connectivity index (χ0v) is 11.3. The number of aliphatic carboxylic acids is 1. The Bertz CT molecular complexity index is 412. The predicted octanol–water partition coefficient (Wildman–Crippen LogP) is -3.27. The van der Waals surface area contributed by atoms with Crippen LogP contribution in [0.1, 0.15) is 12.8 Å². The van der Waals surface area contributed by atoms with E-state index in [2.05, 4.69) is 16.0 Å². The number of carboxylic acids is 1. The van der Waals surface area contributed by atoms with Gasteiger partial charge in [-0.05, 0) is 6.42 Å². The summed E-state index contributed by atoms with van der Waals surface area (Å²) in [7, 11) is 0. The molecule has 10 heteroatoms. The molecule has 21 heavy (non-hydrogen) atoms. The number of nitrogens with one attached hydrogen (secondary N) is 3. The van der Waals surface area contributed by atoms with Gasteiger partial charge in [-0.1, -0.05) is 0 Å². The van der Waals surface area contributed by atoms with Gasteiger partial charge in [-0.2, -0.15) is 0 Å². The SMILES string of the molecule is N[C@H](CCC(=O)NCC(=O)NCC(=O)NCC=O)C(=O)O. The molecule has 6 N–H and O–H groups in total. The van der Waals surface area contributed by atoms with Crippen LogP contribution in [0.5, 0.6) is 0 Å². The minimum atomic E-state index is -1.21. The smallest absolute Gasteiger partial charge is 0.320 e. The normalized spacial score (nSPS) is 11.1. The van der Waals surface area contributed by atoms with Crippen LogP contribution >= 0.6 is 0 Å². The molecular formula is C11H18N4O6. The lowest BCUT2D eigenvalue weighted by Gasteiger charge is -2.08. The number of aldehydes is 1. The fourth-order valence-electron chi connectivity index (χ4n) is 1.14. The van der Waals surface area contributed by atoms with Crippen molar-refractivity contribution in [1.82, 2.24) is 16.0 Å². The fraction of sp³-hybridized carbons (Fsp3) is 0.545. The highest BCUT2D eigenvalue weighted by molar-refractivity contribution is 5.88. The number of carbonyl (C=O) groups excluding carboxylic acids is 4. The van der Waals surface area contributed by atoms with Crippen LogP contribution in [0.15, 0.2) is 0 Å². The molecule has 0 spiro atoms. The van der Waals surface area contributed by atoms with Gasteiger partial charge in [-0.15, -0.1) is 0 Å². The van der Waals surface area contributed by atoms with Crippen molar-refractivity contribution in [3.8, 4) is 0 Å². The Labute approximate surface area is 120 Å². The second-order valence-electron chi connectivity index (χ2n) is 4.01. The van der Waals surface area contributed by atoms with Crippen LogP contribution in [0.4, 0.5) is 0 Å². The molecule has 118 valence electrons. The van der Waals surface area contributed by atoms with Gasteiger partial charge in [0.05, 0.1) is 19.6 Å². The topological polar surface area (TPSA) is 168 Å². The maximum Gasteiger partial charge on any atom is 0.320 e. The molecule has 0 saturated carbocycles. The first-order valence-corrected chi connectivity index (χ1v) is 6.09. The van der Waals surface area contributed by atoms with Crippen molar-refractivity contribution in [3.05, 3.63) is 0 Å². The van der Waals surface area contributed by atoms with E-state index in [-0.39, 0.29) is 32.5 Å². The molecule has 0 aliphatic carbocycles. The number of rotatable bonds is 10. The third kappa shape index (κ3) is 10.0. The fourth-order valence-corrected chi connectivity index (χ4v) is 1.14. The predicted molar refractivity (Wildman–Crippen MR) is 69.9 cm³/mol. The zero-order chi connectivity index (χ0) is 16.3. The van der Waals surface area contributed by atoms with Gasteiger partial charge in [-0.3, -0.25) is 19.2 Å². The van der Waals surface area contributed by atoms with Gasteiger partial charge in [0.25, 0.3) is 0 Å². The van der Waals surface area contributed by atoms with Crippen LogP contribution < -0.4 is 21.7 Å². The Hall–Kier alpha value is -2.49. The van der Waals surface area contributed by atoms with Gasteiger partial charge in [0.1, 0.15) is 12.3 Å². The Kier molecular flexibility index (Phi) is 9.09. The number of carbonyl (C=O) groups is 5. The summed E-state index contributed by atoms with van der Waals surface area (Å²) in [5, 5.41) is 15.2. The van der Waals surface area contributed by atoms with E-state index in [0.29, 0.717) is 6.29 Å². The highest BCUT2D eigenvalue weighted by Crippen LogP contribution is 1.94. The maximum atomic E-state index is 11.3. The van der Waals surface area contributed by atoms with Crippen LogP contribution in [-0.2, 0) is 24.0 Å². The highest BCUT2D eigenvalue weighted by Gasteiger charge is 2.14. The standard InChI is InChI=1S/C11H18N4O6/c12-7(11(20)21)1-2-8(17)14-6-10(19)15-5-9(18)13-3-4-16/h4,7H,1-3,5-6,12H2,(H,13,18)(H,14,17)(H,15,19)(H,20,21)/t7-/m1/s1. The number of carboxylic acid groups (broad SMARTS) is 1. The summed E-state index contributed by atoms with van der Waals surface area (Å²) in [6.07, 6.45) is 0.333. The van der Waals surface area contributed by atoms with Crippen molar-refractivity contribution in [2.45, 2.75) is 18.9 Å². The molecule has 0 heterocycles. The van der Waals surface area contributed by atoms with E-state index in [1.165, 1.54) is 0 Å². The quantitative estimate of drug-likeness (QED) is 0.264. The molecule has 0 aliphatic rings. The van der Waals surface area contributed by atoms with E-state index in [1.807, 2.05) is 0 Å². The minimum absolute atomic E-state index is 0.0448. The summed E-state index contributed by atoms with van der Waals surface area (Å²) in [5.74, 6) is -2.85. The molecular weight excluding hydrogens is 284 g/mol. The number of nitrogens with two attached hydrogens (primary N) is 1. The third-order valence-electron chi connectivity index (χ3n) is 2.27. The molecule has 0 aromatic carbocycles. The molecule has 3 amide bonds. The van der Waals surface area contributed by atoms with Crippen LogP contribution in [0.25, 0.3) is 0 Å². The van der Waals surface area contributed by atoms with E-state index < -0.39 is 29.7 Å². The lowest BCUT2D eigenvalue weighted by Crippen LogP contribution is -2.42. The van der Waals surface area contributed by atoms with Crippen LogP contribution in [0, 0.1) is 0 Å². The van der Waals surface area contributed by atoms with Gasteiger partial charge in [0.15, 0.2) is 0 Å². The Morgan fingerprint density at radius 3 is 2.05 bits per heavy atom. The summed E-state index contributed by atoms with van der Waals surface area (Å²) >= 11 is 0. The van der Waals surface area contributed by atoms with E-state index in [1.54, 1.807) is 0 Å². The average molecular weight is 302 g/mol. The van der Waals surface area contributed by atoms with Gasteiger partial charge < -0.3 is 31.6 Å². The van der Waals surface area contributed by atoms with Crippen molar-refractivity contribution in [1.29, 1.82) is 0 Å². The van der Waals surface area contributed by atoms with E-state index in [4.69, 9.17) is 10.8 Å². The van der Waals surface area contributed by atoms with E-state index >= 15 is 0 Å². The number of amides is 3. The summed E-state index contributed by atoms with van der Waals surface area (Å²) in [6, 6.07) is -1.13. The molecule has 0 saturated heterocycles. The van der Waals surface area contributed by atoms with Crippen molar-refractivity contribution in [2.75, 3.05) is 19.6 Å². The molecule has 1 atom stereocenters. The first-order valence-electron chi connectivity index (χ1n) is 6.09. The largest absolute Gasteiger partial charge is 0.480 e. The molecule has 10 nitrogen and oxygen atoms in total. The van der Waals surface area contributed by atoms with Crippen molar-refractivity contribution < 1.29 is 29.1 Å².